The largest absolute Gasteiger partial charge is 0.362 e. The highest BCUT2D eigenvalue weighted by Crippen LogP contribution is 2.30. The summed E-state index contributed by atoms with van der Waals surface area (Å²) < 4.78 is 0. The van der Waals surface area contributed by atoms with Crippen LogP contribution in [0, 0.1) is 5.92 Å². The van der Waals surface area contributed by atoms with Gasteiger partial charge in [-0.05, 0) is 69.4 Å². The highest BCUT2D eigenvalue weighted by Gasteiger charge is 2.24. The van der Waals surface area contributed by atoms with E-state index < -0.39 is 0 Å². The van der Waals surface area contributed by atoms with Gasteiger partial charge in [-0.3, -0.25) is 0 Å². The Morgan fingerprint density at radius 3 is 2.59 bits per heavy atom. The molecule has 2 aromatic rings. The molecule has 0 atom stereocenters. The Morgan fingerprint density at radius 2 is 1.84 bits per heavy atom. The van der Waals surface area contributed by atoms with E-state index in [-0.39, 0.29) is 6.03 Å². The van der Waals surface area contributed by atoms with E-state index >= 15 is 0 Å². The first-order valence-corrected chi connectivity index (χ1v) is 12.0. The smallest absolute Gasteiger partial charge is 0.319 e. The Kier molecular flexibility index (Phi) is 7.35. The number of aromatic nitrogens is 2. The lowest BCUT2D eigenvalue weighted by molar-refractivity contribution is 0.246. The van der Waals surface area contributed by atoms with Crippen LogP contribution >= 0.6 is 11.6 Å². The molecule has 4 rings (SSSR count). The van der Waals surface area contributed by atoms with Crippen LogP contribution < -0.4 is 20.9 Å². The topological polar surface area (TPSA) is 82.2 Å². The molecule has 1 aromatic heterocycles. The molecule has 0 aliphatic heterocycles. The van der Waals surface area contributed by atoms with Crippen LogP contribution in [0.25, 0.3) is 0 Å². The van der Waals surface area contributed by atoms with Crippen molar-refractivity contribution in [2.75, 3.05) is 36.2 Å². The molecule has 8 heteroatoms. The van der Waals surface area contributed by atoms with E-state index in [4.69, 9.17) is 21.6 Å². The number of urea groups is 1. The third kappa shape index (κ3) is 5.63. The summed E-state index contributed by atoms with van der Waals surface area (Å²) in [5, 5.41) is 9.93. The number of fused-ring (bicyclic) bond motifs is 1. The molecule has 172 valence electrons. The average Bonchev–Trinajstić information content (AvgIpc) is 2.79. The van der Waals surface area contributed by atoms with E-state index in [1.165, 1.54) is 24.1 Å². The van der Waals surface area contributed by atoms with Gasteiger partial charge in [-0.1, -0.05) is 23.7 Å². The van der Waals surface area contributed by atoms with Crippen molar-refractivity contribution < 1.29 is 4.79 Å². The second-order valence-electron chi connectivity index (χ2n) is 9.07. The van der Waals surface area contributed by atoms with E-state index in [0.717, 1.165) is 50.3 Å². The minimum absolute atomic E-state index is 0.211. The van der Waals surface area contributed by atoms with E-state index in [0.29, 0.717) is 29.2 Å². The van der Waals surface area contributed by atoms with Gasteiger partial charge in [-0.15, -0.1) is 0 Å². The van der Waals surface area contributed by atoms with Crippen LogP contribution in [0.15, 0.2) is 24.3 Å². The SMILES string of the molecule is CN(C)c1nc(N[C@H]2CC[C@@H](CNC(=O)Nc3ccccc3Cl)CC2)nc2c1CCCC2. The number of nitrogens with one attached hydrogen (secondary N) is 3. The number of rotatable bonds is 6. The first-order chi connectivity index (χ1) is 15.5. The Labute approximate surface area is 195 Å². The minimum Gasteiger partial charge on any atom is -0.362 e. The van der Waals surface area contributed by atoms with Crippen LogP contribution in [0.1, 0.15) is 49.8 Å². The lowest BCUT2D eigenvalue weighted by Gasteiger charge is -2.30. The predicted octanol–water partition coefficient (Wildman–Crippen LogP) is 4.87. The first kappa shape index (κ1) is 22.6. The number of benzene rings is 1. The summed E-state index contributed by atoms with van der Waals surface area (Å²) in [7, 11) is 4.11. The summed E-state index contributed by atoms with van der Waals surface area (Å²) in [6.07, 6.45) is 8.78. The fourth-order valence-corrected chi connectivity index (χ4v) is 4.85. The van der Waals surface area contributed by atoms with Gasteiger partial charge in [0.25, 0.3) is 0 Å². The van der Waals surface area contributed by atoms with Crippen LogP contribution in [-0.2, 0) is 12.8 Å². The average molecular weight is 457 g/mol. The van der Waals surface area contributed by atoms with Crippen LogP contribution in [-0.4, -0.2) is 42.7 Å². The van der Waals surface area contributed by atoms with E-state index in [9.17, 15) is 4.79 Å². The number of amides is 2. The zero-order chi connectivity index (χ0) is 22.5. The highest BCUT2D eigenvalue weighted by atomic mass is 35.5. The summed E-state index contributed by atoms with van der Waals surface area (Å²) in [6.45, 7) is 0.670. The highest BCUT2D eigenvalue weighted by molar-refractivity contribution is 6.33. The molecule has 0 bridgehead atoms. The zero-order valence-corrected chi connectivity index (χ0v) is 19.7. The molecule has 2 aliphatic rings. The van der Waals surface area contributed by atoms with Crippen LogP contribution in [0.4, 0.5) is 22.2 Å². The van der Waals surface area contributed by atoms with Gasteiger partial charge in [-0.2, -0.15) is 4.98 Å². The second kappa shape index (κ2) is 10.4. The number of nitrogens with zero attached hydrogens (tertiary/aromatic N) is 3. The summed E-state index contributed by atoms with van der Waals surface area (Å²) in [4.78, 5) is 24.0. The third-order valence-electron chi connectivity index (χ3n) is 6.44. The monoisotopic (exact) mass is 456 g/mol. The Bertz CT molecular complexity index is 942. The van der Waals surface area contributed by atoms with Crippen molar-refractivity contribution in [3.8, 4) is 0 Å². The molecule has 2 aliphatic carbocycles. The van der Waals surface area contributed by atoms with E-state index in [1.54, 1.807) is 12.1 Å². The Balaban J connectivity index is 1.26. The molecule has 0 saturated heterocycles. The first-order valence-electron chi connectivity index (χ1n) is 11.6. The molecule has 0 spiro atoms. The molecular formula is C24H33ClN6O. The fraction of sp³-hybridized carbons (Fsp3) is 0.542. The number of halogens is 1. The van der Waals surface area contributed by atoms with Gasteiger partial charge in [0.1, 0.15) is 5.82 Å². The van der Waals surface area contributed by atoms with Crippen LogP contribution in [0.5, 0.6) is 0 Å². The van der Waals surface area contributed by atoms with Gasteiger partial charge in [0.2, 0.25) is 5.95 Å². The van der Waals surface area contributed by atoms with E-state index in [1.807, 2.05) is 12.1 Å². The summed E-state index contributed by atoms with van der Waals surface area (Å²) in [6, 6.07) is 7.41. The lowest BCUT2D eigenvalue weighted by atomic mass is 9.86. The van der Waals surface area contributed by atoms with Gasteiger partial charge in [0.05, 0.1) is 16.4 Å². The molecule has 1 heterocycles. The van der Waals surface area contributed by atoms with Crippen molar-refractivity contribution in [3.05, 3.63) is 40.5 Å². The summed E-state index contributed by atoms with van der Waals surface area (Å²) in [5.74, 6) is 2.29. The quantitative estimate of drug-likeness (QED) is 0.577. The van der Waals surface area contributed by atoms with Crippen molar-refractivity contribution in [2.24, 2.45) is 5.92 Å². The van der Waals surface area contributed by atoms with Crippen molar-refractivity contribution in [2.45, 2.75) is 57.4 Å². The molecule has 2 amide bonds. The van der Waals surface area contributed by atoms with Gasteiger partial charge in [-0.25, -0.2) is 9.78 Å². The third-order valence-corrected chi connectivity index (χ3v) is 6.77. The van der Waals surface area contributed by atoms with E-state index in [2.05, 4.69) is 34.9 Å². The molecule has 1 aromatic carbocycles. The Morgan fingerprint density at radius 1 is 1.09 bits per heavy atom. The van der Waals surface area contributed by atoms with Crippen LogP contribution in [0.2, 0.25) is 5.02 Å². The minimum atomic E-state index is -0.211. The molecule has 1 fully saturated rings. The van der Waals surface area contributed by atoms with Gasteiger partial charge in [0.15, 0.2) is 0 Å². The number of para-hydroxylation sites is 1. The van der Waals surface area contributed by atoms with Crippen molar-refractivity contribution in [1.29, 1.82) is 0 Å². The summed E-state index contributed by atoms with van der Waals surface area (Å²) >= 11 is 6.10. The predicted molar refractivity (Wildman–Crippen MR) is 131 cm³/mol. The maximum absolute atomic E-state index is 12.2. The molecule has 3 N–H and O–H groups in total. The number of hydrogen-bond donors (Lipinski definition) is 3. The number of aryl methyl sites for hydroxylation is 1. The van der Waals surface area contributed by atoms with Crippen LogP contribution in [0.3, 0.4) is 0 Å². The fourth-order valence-electron chi connectivity index (χ4n) is 4.67. The van der Waals surface area contributed by atoms with Crippen molar-refractivity contribution >= 4 is 35.1 Å². The van der Waals surface area contributed by atoms with Crippen molar-refractivity contribution in [3.63, 3.8) is 0 Å². The number of hydrogen-bond acceptors (Lipinski definition) is 5. The van der Waals surface area contributed by atoms with Crippen molar-refractivity contribution in [1.82, 2.24) is 15.3 Å². The maximum Gasteiger partial charge on any atom is 0.319 e. The normalized spacial score (nSPS) is 20.2. The summed E-state index contributed by atoms with van der Waals surface area (Å²) in [5.41, 5.74) is 3.15. The standard InChI is InChI=1S/C24H33ClN6O/c1-31(2)22-18-7-3-5-9-20(18)28-23(30-22)27-17-13-11-16(12-14-17)15-26-24(32)29-21-10-6-4-8-19(21)25/h4,6,8,10,16-17H,3,5,7,9,11-15H2,1-2H3,(H2,26,29,32)(H,27,28,30)/t16-,17+. The number of carbonyl (C=O) groups excluding carboxylic acids is 1. The molecule has 0 unspecified atom stereocenters. The molecule has 0 radical (unpaired) electrons. The van der Waals surface area contributed by atoms with Gasteiger partial charge in [0, 0.05) is 32.2 Å². The van der Waals surface area contributed by atoms with Gasteiger partial charge < -0.3 is 20.9 Å². The molecule has 1 saturated carbocycles. The maximum atomic E-state index is 12.2. The zero-order valence-electron chi connectivity index (χ0n) is 19.0. The van der Waals surface area contributed by atoms with Gasteiger partial charge >= 0.3 is 6.03 Å². The Hall–Kier alpha value is -2.54. The lowest BCUT2D eigenvalue weighted by Crippen LogP contribution is -2.36. The molecule has 32 heavy (non-hydrogen) atoms. The number of carbonyl (C=O) groups is 1. The number of anilines is 3. The molecular weight excluding hydrogens is 424 g/mol. The second-order valence-corrected chi connectivity index (χ2v) is 9.48. The molecule has 7 nitrogen and oxygen atoms in total.